The van der Waals surface area contributed by atoms with Gasteiger partial charge in [-0.2, -0.15) is 0 Å². The van der Waals surface area contributed by atoms with E-state index >= 15 is 0 Å². The summed E-state index contributed by atoms with van der Waals surface area (Å²) in [5.74, 6) is -0.647. The van der Waals surface area contributed by atoms with Gasteiger partial charge in [-0.3, -0.25) is 10.1 Å². The third kappa shape index (κ3) is 3.12. The van der Waals surface area contributed by atoms with Crippen molar-refractivity contribution < 1.29 is 19.6 Å². The van der Waals surface area contributed by atoms with Crippen molar-refractivity contribution in [1.82, 2.24) is 0 Å². The van der Waals surface area contributed by atoms with Gasteiger partial charge in [-0.25, -0.2) is 4.79 Å². The molecule has 0 unspecified atom stereocenters. The number of carboxylic acids is 1. The molecule has 0 saturated carbocycles. The summed E-state index contributed by atoms with van der Waals surface area (Å²) in [6.45, 7) is 0. The summed E-state index contributed by atoms with van der Waals surface area (Å²) in [6, 6.07) is 9.90. The zero-order valence-corrected chi connectivity index (χ0v) is 11.5. The highest BCUT2D eigenvalue weighted by molar-refractivity contribution is 9.10. The summed E-state index contributed by atoms with van der Waals surface area (Å²) in [7, 11) is 0. The Bertz CT molecular complexity index is 669. The largest absolute Gasteiger partial charge is 0.478 e. The van der Waals surface area contributed by atoms with E-state index < -0.39 is 10.9 Å². The highest BCUT2D eigenvalue weighted by Gasteiger charge is 2.13. The Morgan fingerprint density at radius 3 is 2.40 bits per heavy atom. The van der Waals surface area contributed by atoms with Crippen LogP contribution in [0.4, 0.5) is 5.69 Å². The molecule has 2 aromatic carbocycles. The van der Waals surface area contributed by atoms with Crippen LogP contribution in [-0.4, -0.2) is 16.0 Å². The quantitative estimate of drug-likeness (QED) is 0.676. The van der Waals surface area contributed by atoms with Crippen LogP contribution in [0.3, 0.4) is 0 Å². The SMILES string of the molecule is O=C(O)c1ccc(Br)cc1Oc1ccc([N+](=O)[O-])cc1. The van der Waals surface area contributed by atoms with Crippen LogP contribution in [0.15, 0.2) is 46.9 Å². The summed E-state index contributed by atoms with van der Waals surface area (Å²) < 4.78 is 6.12. The van der Waals surface area contributed by atoms with Crippen LogP contribution in [0, 0.1) is 10.1 Å². The highest BCUT2D eigenvalue weighted by atomic mass is 79.9. The number of hydrogen-bond donors (Lipinski definition) is 1. The number of carboxylic acid groups (broad SMARTS) is 1. The number of hydrogen-bond acceptors (Lipinski definition) is 4. The lowest BCUT2D eigenvalue weighted by Gasteiger charge is -2.09. The van der Waals surface area contributed by atoms with Gasteiger partial charge in [-0.1, -0.05) is 15.9 Å². The molecular weight excluding hydrogens is 330 g/mol. The fourth-order valence-electron chi connectivity index (χ4n) is 1.52. The maximum atomic E-state index is 11.1. The van der Waals surface area contributed by atoms with Crippen molar-refractivity contribution in [3.63, 3.8) is 0 Å². The summed E-state index contributed by atoms with van der Waals surface area (Å²) in [5, 5.41) is 19.6. The van der Waals surface area contributed by atoms with Crippen LogP contribution in [0.25, 0.3) is 0 Å². The van der Waals surface area contributed by atoms with E-state index in [4.69, 9.17) is 9.84 Å². The molecule has 0 bridgehead atoms. The van der Waals surface area contributed by atoms with Crippen LogP contribution in [0.2, 0.25) is 0 Å². The maximum Gasteiger partial charge on any atom is 0.339 e. The molecule has 0 atom stereocenters. The number of halogens is 1. The molecule has 0 aliphatic carbocycles. The van der Waals surface area contributed by atoms with Crippen molar-refractivity contribution in [2.24, 2.45) is 0 Å². The molecule has 0 aliphatic heterocycles. The molecule has 0 heterocycles. The number of non-ortho nitro benzene ring substituents is 1. The van der Waals surface area contributed by atoms with Crippen LogP contribution in [0.1, 0.15) is 10.4 Å². The number of ether oxygens (including phenoxy) is 1. The van der Waals surface area contributed by atoms with E-state index in [9.17, 15) is 14.9 Å². The first-order valence-corrected chi connectivity index (χ1v) is 6.22. The first-order chi connectivity index (χ1) is 9.47. The Balaban J connectivity index is 2.31. The van der Waals surface area contributed by atoms with E-state index in [0.29, 0.717) is 10.2 Å². The van der Waals surface area contributed by atoms with E-state index in [2.05, 4.69) is 15.9 Å². The van der Waals surface area contributed by atoms with Gasteiger partial charge in [0.25, 0.3) is 5.69 Å². The predicted molar refractivity (Wildman–Crippen MR) is 74.3 cm³/mol. The molecule has 2 rings (SSSR count). The third-order valence-corrected chi connectivity index (χ3v) is 2.94. The fourth-order valence-corrected chi connectivity index (χ4v) is 1.86. The standard InChI is InChI=1S/C13H8BrNO5/c14-8-1-6-11(13(16)17)12(7-8)20-10-4-2-9(3-5-10)15(18)19/h1-7H,(H,16,17). The van der Waals surface area contributed by atoms with Crippen LogP contribution in [0.5, 0.6) is 11.5 Å². The minimum Gasteiger partial charge on any atom is -0.478 e. The van der Waals surface area contributed by atoms with Crippen molar-refractivity contribution >= 4 is 27.6 Å². The zero-order valence-electron chi connectivity index (χ0n) is 9.95. The molecule has 1 N–H and O–H groups in total. The molecule has 0 radical (unpaired) electrons. The number of nitrogens with zero attached hydrogens (tertiary/aromatic N) is 1. The van der Waals surface area contributed by atoms with Gasteiger partial charge in [0, 0.05) is 16.6 Å². The molecular formula is C13H8BrNO5. The summed E-state index contributed by atoms with van der Waals surface area (Å²) in [5.41, 5.74) is -0.0587. The zero-order chi connectivity index (χ0) is 14.7. The second-order valence-corrected chi connectivity index (χ2v) is 4.71. The smallest absolute Gasteiger partial charge is 0.339 e. The van der Waals surface area contributed by atoms with Gasteiger partial charge in [-0.15, -0.1) is 0 Å². The van der Waals surface area contributed by atoms with E-state index in [1.54, 1.807) is 6.07 Å². The number of rotatable bonds is 4. The molecule has 20 heavy (non-hydrogen) atoms. The molecule has 2 aromatic rings. The Labute approximate surface area is 121 Å². The van der Waals surface area contributed by atoms with E-state index in [-0.39, 0.29) is 17.0 Å². The summed E-state index contributed by atoms with van der Waals surface area (Å²) >= 11 is 3.23. The van der Waals surface area contributed by atoms with Crippen molar-refractivity contribution in [3.05, 3.63) is 62.6 Å². The van der Waals surface area contributed by atoms with Gasteiger partial charge in [0.1, 0.15) is 17.1 Å². The first kappa shape index (κ1) is 14.0. The first-order valence-electron chi connectivity index (χ1n) is 5.42. The summed E-state index contributed by atoms with van der Waals surface area (Å²) in [4.78, 5) is 21.1. The van der Waals surface area contributed by atoms with E-state index in [0.717, 1.165) is 0 Å². The van der Waals surface area contributed by atoms with Crippen molar-refractivity contribution in [2.45, 2.75) is 0 Å². The number of aromatic carboxylic acids is 1. The molecule has 0 aromatic heterocycles. The lowest BCUT2D eigenvalue weighted by Crippen LogP contribution is -2.00. The predicted octanol–water partition coefficient (Wildman–Crippen LogP) is 3.85. The topological polar surface area (TPSA) is 89.7 Å². The number of nitro groups is 1. The molecule has 102 valence electrons. The molecule has 0 amide bonds. The average Bonchev–Trinajstić information content (AvgIpc) is 2.39. The summed E-state index contributed by atoms with van der Waals surface area (Å²) in [6.07, 6.45) is 0. The maximum absolute atomic E-state index is 11.1. The number of benzene rings is 2. The Kier molecular flexibility index (Phi) is 3.99. The van der Waals surface area contributed by atoms with Crippen molar-refractivity contribution in [3.8, 4) is 11.5 Å². The second-order valence-electron chi connectivity index (χ2n) is 3.80. The van der Waals surface area contributed by atoms with Crippen LogP contribution >= 0.6 is 15.9 Å². The Morgan fingerprint density at radius 1 is 1.20 bits per heavy atom. The average molecular weight is 338 g/mol. The van der Waals surface area contributed by atoms with Gasteiger partial charge in [0.15, 0.2) is 0 Å². The van der Waals surface area contributed by atoms with E-state index in [1.165, 1.54) is 36.4 Å². The highest BCUT2D eigenvalue weighted by Crippen LogP contribution is 2.29. The third-order valence-electron chi connectivity index (χ3n) is 2.45. The normalized spacial score (nSPS) is 10.1. The monoisotopic (exact) mass is 337 g/mol. The minimum atomic E-state index is -1.12. The molecule has 0 spiro atoms. The van der Waals surface area contributed by atoms with Crippen molar-refractivity contribution in [2.75, 3.05) is 0 Å². The van der Waals surface area contributed by atoms with Crippen LogP contribution in [-0.2, 0) is 0 Å². The van der Waals surface area contributed by atoms with Gasteiger partial charge < -0.3 is 9.84 Å². The van der Waals surface area contributed by atoms with E-state index in [1.807, 2.05) is 0 Å². The van der Waals surface area contributed by atoms with Gasteiger partial charge in [0.2, 0.25) is 0 Å². The fraction of sp³-hybridized carbons (Fsp3) is 0. The Morgan fingerprint density at radius 2 is 1.85 bits per heavy atom. The van der Waals surface area contributed by atoms with Gasteiger partial charge in [-0.05, 0) is 30.3 Å². The lowest BCUT2D eigenvalue weighted by molar-refractivity contribution is -0.384. The second kappa shape index (κ2) is 5.70. The lowest BCUT2D eigenvalue weighted by atomic mass is 10.2. The van der Waals surface area contributed by atoms with Crippen molar-refractivity contribution in [1.29, 1.82) is 0 Å². The Hall–Kier alpha value is -2.41. The van der Waals surface area contributed by atoms with Gasteiger partial charge in [0.05, 0.1) is 4.92 Å². The van der Waals surface area contributed by atoms with Gasteiger partial charge >= 0.3 is 5.97 Å². The number of nitro benzene ring substituents is 1. The van der Waals surface area contributed by atoms with Crippen LogP contribution < -0.4 is 4.74 Å². The molecule has 0 fully saturated rings. The molecule has 0 aliphatic rings. The minimum absolute atomic E-state index is 0.00607. The molecule has 7 heteroatoms. The molecule has 6 nitrogen and oxygen atoms in total. The number of carbonyl (C=O) groups is 1. The molecule has 0 saturated heterocycles.